The molecule has 0 fully saturated rings. The zero-order chi connectivity index (χ0) is 20.0. The van der Waals surface area contributed by atoms with Crippen LogP contribution in [-0.4, -0.2) is 15.1 Å². The van der Waals surface area contributed by atoms with Crippen LogP contribution in [-0.2, 0) is 6.42 Å². The van der Waals surface area contributed by atoms with Crippen LogP contribution in [0.15, 0.2) is 76.1 Å². The molecule has 3 aromatic heterocycles. The number of aromatic amines is 1. The monoisotopic (exact) mass is 402 g/mol. The number of aromatic hydroxyl groups is 1. The summed E-state index contributed by atoms with van der Waals surface area (Å²) in [6, 6.07) is 17.6. The van der Waals surface area contributed by atoms with E-state index in [1.165, 1.54) is 0 Å². The number of nitrogens with one attached hydrogen (secondary N) is 1. The summed E-state index contributed by atoms with van der Waals surface area (Å²) in [6.07, 6.45) is 2.05. The first-order chi connectivity index (χ1) is 14.1. The highest BCUT2D eigenvalue weighted by molar-refractivity contribution is 6.30. The van der Waals surface area contributed by atoms with Gasteiger partial charge in [0, 0.05) is 12.6 Å². The molecule has 0 spiro atoms. The van der Waals surface area contributed by atoms with Crippen LogP contribution >= 0.6 is 11.6 Å². The molecule has 0 bridgehead atoms. The van der Waals surface area contributed by atoms with Gasteiger partial charge in [0.1, 0.15) is 11.3 Å². The number of aromatic nitrogens is 2. The smallest absolute Gasteiger partial charge is 0.202 e. The molecule has 0 unspecified atom stereocenters. The van der Waals surface area contributed by atoms with Crippen molar-refractivity contribution in [3.63, 3.8) is 0 Å². The second-order valence-electron chi connectivity index (χ2n) is 6.81. The van der Waals surface area contributed by atoms with Gasteiger partial charge in [-0.15, -0.1) is 0 Å². The molecule has 2 N–H and O–H groups in total. The lowest BCUT2D eigenvalue weighted by Crippen LogP contribution is -2.02. The molecule has 0 atom stereocenters. The van der Waals surface area contributed by atoms with Crippen molar-refractivity contribution in [2.24, 2.45) is 0 Å². The van der Waals surface area contributed by atoms with Gasteiger partial charge < -0.3 is 14.5 Å². The molecule has 5 nitrogen and oxygen atoms in total. The Balaban J connectivity index is 1.79. The van der Waals surface area contributed by atoms with Gasteiger partial charge in [-0.1, -0.05) is 35.9 Å². The Hall–Kier alpha value is -3.57. The minimum atomic E-state index is -0.109. The maximum absolute atomic E-state index is 13.3. The van der Waals surface area contributed by atoms with Crippen LogP contribution in [0, 0.1) is 0 Å². The van der Waals surface area contributed by atoms with Gasteiger partial charge in [0.2, 0.25) is 5.43 Å². The number of hydrogen-bond acceptors (Lipinski definition) is 4. The average molecular weight is 403 g/mol. The first-order valence-electron chi connectivity index (χ1n) is 9.06. The van der Waals surface area contributed by atoms with Crippen LogP contribution in [0.1, 0.15) is 11.3 Å². The predicted octanol–water partition coefficient (Wildman–Crippen LogP) is 5.29. The minimum absolute atomic E-state index is 0.109. The number of rotatable bonds is 3. The SMILES string of the molecule is O=c1c2ccccc2oc2c(Cc3ccc(O)cc3)[nH]c(-c3ccc(Cl)cn3)c12. The van der Waals surface area contributed by atoms with E-state index in [0.29, 0.717) is 44.8 Å². The summed E-state index contributed by atoms with van der Waals surface area (Å²) >= 11 is 5.98. The quantitative estimate of drug-likeness (QED) is 0.430. The van der Waals surface area contributed by atoms with E-state index in [0.717, 1.165) is 11.3 Å². The first-order valence-corrected chi connectivity index (χ1v) is 9.44. The molecule has 0 saturated heterocycles. The summed E-state index contributed by atoms with van der Waals surface area (Å²) in [7, 11) is 0. The van der Waals surface area contributed by atoms with Crippen molar-refractivity contribution in [1.82, 2.24) is 9.97 Å². The van der Waals surface area contributed by atoms with Gasteiger partial charge in [-0.25, -0.2) is 0 Å². The molecule has 5 rings (SSSR count). The Bertz CT molecular complexity index is 1400. The number of fused-ring (bicyclic) bond motifs is 2. The standard InChI is InChI=1S/C23H15ClN2O3/c24-14-7-10-17(25-12-14)21-20-22(28)16-3-1-2-4-19(16)29-23(20)18(26-21)11-13-5-8-15(27)9-6-13/h1-10,12,26-27H,11H2. The molecule has 0 aliphatic heterocycles. The summed E-state index contributed by atoms with van der Waals surface area (Å²) < 4.78 is 6.15. The van der Waals surface area contributed by atoms with E-state index < -0.39 is 0 Å². The van der Waals surface area contributed by atoms with Crippen molar-refractivity contribution >= 4 is 33.5 Å². The van der Waals surface area contributed by atoms with Crippen LogP contribution in [0.3, 0.4) is 0 Å². The average Bonchev–Trinajstić information content (AvgIpc) is 3.09. The molecule has 142 valence electrons. The summed E-state index contributed by atoms with van der Waals surface area (Å²) in [5, 5.41) is 11.0. The van der Waals surface area contributed by atoms with Crippen molar-refractivity contribution in [2.75, 3.05) is 0 Å². The molecule has 0 saturated carbocycles. The molecule has 0 radical (unpaired) electrons. The van der Waals surface area contributed by atoms with Crippen molar-refractivity contribution in [2.45, 2.75) is 6.42 Å². The molecule has 0 amide bonds. The van der Waals surface area contributed by atoms with Gasteiger partial charge in [-0.3, -0.25) is 9.78 Å². The third-order valence-corrected chi connectivity index (χ3v) is 5.12. The number of para-hydroxylation sites is 1. The fraction of sp³-hybridized carbons (Fsp3) is 0.0435. The maximum Gasteiger partial charge on any atom is 0.202 e. The lowest BCUT2D eigenvalue weighted by Gasteiger charge is -2.02. The van der Waals surface area contributed by atoms with Crippen LogP contribution in [0.5, 0.6) is 5.75 Å². The molecular weight excluding hydrogens is 388 g/mol. The topological polar surface area (TPSA) is 79.1 Å². The Morgan fingerprint density at radius 3 is 2.59 bits per heavy atom. The predicted molar refractivity (Wildman–Crippen MR) is 113 cm³/mol. The van der Waals surface area contributed by atoms with Gasteiger partial charge in [0.05, 0.1) is 32.9 Å². The second kappa shape index (κ2) is 6.79. The van der Waals surface area contributed by atoms with E-state index in [1.807, 2.05) is 24.3 Å². The molecule has 2 aromatic carbocycles. The lowest BCUT2D eigenvalue weighted by molar-refractivity contribution is 0.475. The maximum atomic E-state index is 13.3. The van der Waals surface area contributed by atoms with E-state index in [1.54, 1.807) is 42.6 Å². The third-order valence-electron chi connectivity index (χ3n) is 4.90. The van der Waals surface area contributed by atoms with E-state index in [-0.39, 0.29) is 11.2 Å². The van der Waals surface area contributed by atoms with E-state index >= 15 is 0 Å². The van der Waals surface area contributed by atoms with Crippen LogP contribution in [0.4, 0.5) is 0 Å². The zero-order valence-corrected chi connectivity index (χ0v) is 15.9. The van der Waals surface area contributed by atoms with Gasteiger partial charge in [0.25, 0.3) is 0 Å². The van der Waals surface area contributed by atoms with E-state index in [9.17, 15) is 9.90 Å². The first kappa shape index (κ1) is 17.5. The van der Waals surface area contributed by atoms with Crippen molar-refractivity contribution < 1.29 is 9.52 Å². The second-order valence-corrected chi connectivity index (χ2v) is 7.25. The normalized spacial score (nSPS) is 11.3. The summed E-state index contributed by atoms with van der Waals surface area (Å²) in [6.45, 7) is 0. The Morgan fingerprint density at radius 2 is 1.83 bits per heavy atom. The van der Waals surface area contributed by atoms with Crippen LogP contribution < -0.4 is 5.43 Å². The number of phenolic OH excluding ortho intramolecular Hbond substituents is 1. The number of benzene rings is 2. The Kier molecular flexibility index (Phi) is 4.11. The highest BCUT2D eigenvalue weighted by atomic mass is 35.5. The molecule has 6 heteroatoms. The zero-order valence-electron chi connectivity index (χ0n) is 15.1. The lowest BCUT2D eigenvalue weighted by atomic mass is 10.1. The highest BCUT2D eigenvalue weighted by Gasteiger charge is 2.20. The van der Waals surface area contributed by atoms with Crippen molar-refractivity contribution in [3.05, 3.63) is 93.4 Å². The number of pyridine rings is 1. The van der Waals surface area contributed by atoms with Crippen molar-refractivity contribution in [3.8, 4) is 17.1 Å². The summed E-state index contributed by atoms with van der Waals surface area (Å²) in [4.78, 5) is 21.0. The third kappa shape index (κ3) is 3.05. The molecule has 5 aromatic rings. The number of phenols is 1. The Morgan fingerprint density at radius 1 is 1.03 bits per heavy atom. The highest BCUT2D eigenvalue weighted by Crippen LogP contribution is 2.31. The summed E-state index contributed by atoms with van der Waals surface area (Å²) in [5.41, 5.74) is 3.88. The number of halogens is 1. The van der Waals surface area contributed by atoms with E-state index in [4.69, 9.17) is 16.0 Å². The largest absolute Gasteiger partial charge is 0.508 e. The minimum Gasteiger partial charge on any atom is -0.508 e. The Labute approximate surface area is 170 Å². The van der Waals surface area contributed by atoms with Gasteiger partial charge in [0.15, 0.2) is 5.58 Å². The van der Waals surface area contributed by atoms with Gasteiger partial charge in [-0.2, -0.15) is 0 Å². The molecule has 3 heterocycles. The molecule has 0 aliphatic rings. The molecule has 0 aliphatic carbocycles. The van der Waals surface area contributed by atoms with E-state index in [2.05, 4.69) is 9.97 Å². The van der Waals surface area contributed by atoms with Crippen molar-refractivity contribution in [1.29, 1.82) is 0 Å². The molecule has 29 heavy (non-hydrogen) atoms. The van der Waals surface area contributed by atoms with Crippen LogP contribution in [0.2, 0.25) is 5.02 Å². The number of hydrogen-bond donors (Lipinski definition) is 2. The van der Waals surface area contributed by atoms with Gasteiger partial charge >= 0.3 is 0 Å². The van der Waals surface area contributed by atoms with Crippen LogP contribution in [0.25, 0.3) is 33.3 Å². The fourth-order valence-corrected chi connectivity index (χ4v) is 3.62. The number of nitrogens with zero attached hydrogens (tertiary/aromatic N) is 1. The molecular formula is C23H15ClN2O3. The fourth-order valence-electron chi connectivity index (χ4n) is 3.51. The number of H-pyrrole nitrogens is 1. The van der Waals surface area contributed by atoms with Gasteiger partial charge in [-0.05, 0) is 42.0 Å². The summed E-state index contributed by atoms with van der Waals surface area (Å²) in [5.74, 6) is 0.202.